The fourth-order valence-corrected chi connectivity index (χ4v) is 8.19. The number of ether oxygens (including phenoxy) is 1. The van der Waals surface area contributed by atoms with Crippen molar-refractivity contribution in [2.24, 2.45) is 34.5 Å². The first-order valence-electron chi connectivity index (χ1n) is 10.6. The molecular weight excluding hydrogens is 296 g/mol. The van der Waals surface area contributed by atoms with Crippen molar-refractivity contribution in [2.45, 2.75) is 90.1 Å². The van der Waals surface area contributed by atoms with Gasteiger partial charge in [0, 0.05) is 18.4 Å². The number of carbonyl (C=O) groups excluding carboxylic acids is 1. The Labute approximate surface area is 147 Å². The Hall–Kier alpha value is -0.370. The molecule has 0 N–H and O–H groups in total. The van der Waals surface area contributed by atoms with E-state index >= 15 is 0 Å². The zero-order valence-corrected chi connectivity index (χ0v) is 15.6. The summed E-state index contributed by atoms with van der Waals surface area (Å²) in [7, 11) is 0. The summed E-state index contributed by atoms with van der Waals surface area (Å²) >= 11 is 0. The van der Waals surface area contributed by atoms with Crippen LogP contribution in [-0.2, 0) is 9.53 Å². The Morgan fingerprint density at radius 3 is 2.62 bits per heavy atom. The average molecular weight is 331 g/mol. The highest BCUT2D eigenvalue weighted by atomic mass is 16.5. The fourth-order valence-electron chi connectivity index (χ4n) is 8.19. The molecule has 0 aromatic carbocycles. The Morgan fingerprint density at radius 1 is 0.958 bits per heavy atom. The molecule has 4 saturated carbocycles. The molecule has 2 nitrogen and oxygen atoms in total. The highest BCUT2D eigenvalue weighted by Gasteiger charge is 2.61. The second kappa shape index (κ2) is 5.09. The first-order valence-corrected chi connectivity index (χ1v) is 10.6. The molecule has 2 heteroatoms. The van der Waals surface area contributed by atoms with Crippen LogP contribution >= 0.6 is 0 Å². The molecule has 1 unspecified atom stereocenters. The third-order valence-electron chi connectivity index (χ3n) is 9.70. The van der Waals surface area contributed by atoms with Gasteiger partial charge in [-0.25, -0.2) is 0 Å². The third kappa shape index (κ3) is 1.95. The van der Waals surface area contributed by atoms with E-state index in [1.807, 2.05) is 0 Å². The Balaban J connectivity index is 1.42. The van der Waals surface area contributed by atoms with Crippen molar-refractivity contribution in [3.05, 3.63) is 0 Å². The maximum absolute atomic E-state index is 12.5. The minimum absolute atomic E-state index is 0.0365. The summed E-state index contributed by atoms with van der Waals surface area (Å²) in [5.74, 6) is 3.85. The molecule has 4 aliphatic carbocycles. The van der Waals surface area contributed by atoms with Crippen molar-refractivity contribution in [1.29, 1.82) is 0 Å². The second-order valence-corrected chi connectivity index (χ2v) is 10.4. The first-order chi connectivity index (χ1) is 11.5. The van der Waals surface area contributed by atoms with Crippen molar-refractivity contribution in [1.82, 2.24) is 0 Å². The van der Waals surface area contributed by atoms with E-state index in [1.165, 1.54) is 64.2 Å². The van der Waals surface area contributed by atoms with Gasteiger partial charge in [0.15, 0.2) is 0 Å². The van der Waals surface area contributed by atoms with E-state index in [0.717, 1.165) is 30.8 Å². The van der Waals surface area contributed by atoms with E-state index in [0.29, 0.717) is 17.1 Å². The van der Waals surface area contributed by atoms with E-state index in [-0.39, 0.29) is 11.0 Å². The number of carbonyl (C=O) groups is 1. The number of Topliss-reactive ketones (excluding diaryl/α,β-unsaturated/α-hetero) is 1. The van der Waals surface area contributed by atoms with Crippen LogP contribution in [0.1, 0.15) is 84.5 Å². The monoisotopic (exact) mass is 330 g/mol. The highest BCUT2D eigenvalue weighted by molar-refractivity contribution is 5.87. The number of fused-ring (bicyclic) bond motifs is 5. The Kier molecular flexibility index (Phi) is 3.36. The standard InChI is InChI=1S/C22H34O2/c1-20-11-12-22(9-3-13-24-22)14-15(20)4-5-16-17-6-7-19(23)21(17,2)10-8-18(16)20/h15-18H,3-14H2,1-2H3/t15?,16-,17-,18-,20-,21-,22+/m0/s1. The molecule has 1 saturated heterocycles. The van der Waals surface area contributed by atoms with Gasteiger partial charge >= 0.3 is 0 Å². The van der Waals surface area contributed by atoms with Crippen molar-refractivity contribution in [2.75, 3.05) is 6.61 Å². The Bertz CT molecular complexity index is 548. The third-order valence-corrected chi connectivity index (χ3v) is 9.70. The van der Waals surface area contributed by atoms with Gasteiger partial charge in [-0.05, 0) is 93.3 Å². The summed E-state index contributed by atoms with van der Waals surface area (Å²) in [6.45, 7) is 5.92. The molecule has 1 aliphatic heterocycles. The van der Waals surface area contributed by atoms with Gasteiger partial charge in [-0.2, -0.15) is 0 Å². The molecule has 0 radical (unpaired) electrons. The van der Waals surface area contributed by atoms with Gasteiger partial charge in [-0.1, -0.05) is 13.8 Å². The predicted molar refractivity (Wildman–Crippen MR) is 94.7 cm³/mol. The molecule has 134 valence electrons. The molecule has 1 heterocycles. The van der Waals surface area contributed by atoms with E-state index in [1.54, 1.807) is 0 Å². The lowest BCUT2D eigenvalue weighted by molar-refractivity contribution is -0.156. The molecule has 7 atom stereocenters. The van der Waals surface area contributed by atoms with Crippen LogP contribution in [0.5, 0.6) is 0 Å². The van der Waals surface area contributed by atoms with Crippen LogP contribution in [0.3, 0.4) is 0 Å². The van der Waals surface area contributed by atoms with Gasteiger partial charge in [0.05, 0.1) is 5.60 Å². The molecule has 5 fully saturated rings. The van der Waals surface area contributed by atoms with Crippen LogP contribution in [0.2, 0.25) is 0 Å². The van der Waals surface area contributed by atoms with Crippen LogP contribution in [0, 0.1) is 34.5 Å². The molecule has 5 aliphatic rings. The van der Waals surface area contributed by atoms with E-state index in [4.69, 9.17) is 4.74 Å². The Morgan fingerprint density at radius 2 is 1.83 bits per heavy atom. The topological polar surface area (TPSA) is 26.3 Å². The lowest BCUT2D eigenvalue weighted by Gasteiger charge is -2.61. The van der Waals surface area contributed by atoms with E-state index < -0.39 is 0 Å². The van der Waals surface area contributed by atoms with Crippen molar-refractivity contribution in [3.8, 4) is 0 Å². The number of rotatable bonds is 0. The van der Waals surface area contributed by atoms with Crippen molar-refractivity contribution >= 4 is 5.78 Å². The van der Waals surface area contributed by atoms with Crippen molar-refractivity contribution < 1.29 is 9.53 Å². The first kappa shape index (κ1) is 15.9. The largest absolute Gasteiger partial charge is 0.375 e. The lowest BCUT2D eigenvalue weighted by Crippen LogP contribution is -2.55. The SMILES string of the molecule is C[C@]12CC[C@]3(CCCO3)CC1CC[C@@H]1[C@@H]2CC[C@]2(C)C(=O)CC[C@@H]12. The quantitative estimate of drug-likeness (QED) is 0.614. The van der Waals surface area contributed by atoms with Gasteiger partial charge in [-0.3, -0.25) is 4.79 Å². The molecule has 0 bridgehead atoms. The molecule has 0 aromatic heterocycles. The summed E-state index contributed by atoms with van der Waals surface area (Å²) in [5.41, 5.74) is 0.811. The minimum atomic E-state index is 0.0365. The summed E-state index contributed by atoms with van der Waals surface area (Å²) in [6, 6.07) is 0. The predicted octanol–water partition coefficient (Wildman–Crippen LogP) is 5.15. The normalized spacial score (nSPS) is 56.8. The summed E-state index contributed by atoms with van der Waals surface area (Å²) in [5, 5.41) is 0. The number of hydrogen-bond donors (Lipinski definition) is 0. The van der Waals surface area contributed by atoms with Crippen LogP contribution in [0.15, 0.2) is 0 Å². The smallest absolute Gasteiger partial charge is 0.139 e. The van der Waals surface area contributed by atoms with Gasteiger partial charge < -0.3 is 4.74 Å². The molecule has 5 rings (SSSR count). The average Bonchev–Trinajstić information content (AvgIpc) is 3.14. The van der Waals surface area contributed by atoms with Gasteiger partial charge in [-0.15, -0.1) is 0 Å². The highest BCUT2D eigenvalue weighted by Crippen LogP contribution is 2.66. The van der Waals surface area contributed by atoms with E-state index in [9.17, 15) is 4.79 Å². The molecular formula is C22H34O2. The van der Waals surface area contributed by atoms with Gasteiger partial charge in [0.2, 0.25) is 0 Å². The molecule has 1 spiro atoms. The van der Waals surface area contributed by atoms with Crippen LogP contribution in [0.4, 0.5) is 0 Å². The summed E-state index contributed by atoms with van der Waals surface area (Å²) < 4.78 is 6.27. The van der Waals surface area contributed by atoms with Crippen LogP contribution in [-0.4, -0.2) is 18.0 Å². The minimum Gasteiger partial charge on any atom is -0.375 e. The van der Waals surface area contributed by atoms with E-state index in [2.05, 4.69) is 13.8 Å². The van der Waals surface area contributed by atoms with Crippen molar-refractivity contribution in [3.63, 3.8) is 0 Å². The zero-order valence-electron chi connectivity index (χ0n) is 15.6. The molecule has 24 heavy (non-hydrogen) atoms. The maximum Gasteiger partial charge on any atom is 0.139 e. The second-order valence-electron chi connectivity index (χ2n) is 10.4. The van der Waals surface area contributed by atoms with Gasteiger partial charge in [0.25, 0.3) is 0 Å². The maximum atomic E-state index is 12.5. The van der Waals surface area contributed by atoms with Crippen LogP contribution < -0.4 is 0 Å². The fraction of sp³-hybridized carbons (Fsp3) is 0.955. The summed E-state index contributed by atoms with van der Waals surface area (Å²) in [6.07, 6.45) is 13.9. The lowest BCUT2D eigenvalue weighted by atomic mass is 9.44. The van der Waals surface area contributed by atoms with Crippen LogP contribution in [0.25, 0.3) is 0 Å². The number of ketones is 1. The van der Waals surface area contributed by atoms with Gasteiger partial charge in [0.1, 0.15) is 5.78 Å². The zero-order chi connectivity index (χ0) is 16.6. The summed E-state index contributed by atoms with van der Waals surface area (Å²) in [4.78, 5) is 12.5. The number of hydrogen-bond acceptors (Lipinski definition) is 2. The molecule has 0 amide bonds. The molecule has 0 aromatic rings.